The monoisotopic (exact) mass is 392 g/mol. The molecule has 0 saturated carbocycles. The van der Waals surface area contributed by atoms with Crippen molar-refractivity contribution in [1.82, 2.24) is 9.62 Å². The maximum atomic E-state index is 12.5. The summed E-state index contributed by atoms with van der Waals surface area (Å²) in [5.74, 6) is -1.53. The van der Waals surface area contributed by atoms with Gasteiger partial charge in [-0.05, 0) is 43.5 Å². The predicted octanol–water partition coefficient (Wildman–Crippen LogP) is 2.72. The molecule has 1 heterocycles. The number of aryl methyl sites for hydroxylation is 1. The standard InChI is InChI=1S/C17H23F3N2O3S/c1-2-4-13-6-8-15(9-7-13)26(24,25)21-16(23)14-5-3-10-22(11-14)12-17(18,19)20/h6-9,14H,2-5,10-12H2,1H3,(H,21,23). The largest absolute Gasteiger partial charge is 0.401 e. The molecule has 26 heavy (non-hydrogen) atoms. The number of hydrogen-bond donors (Lipinski definition) is 1. The van der Waals surface area contributed by atoms with Crippen molar-refractivity contribution in [3.8, 4) is 0 Å². The molecular weight excluding hydrogens is 369 g/mol. The third-order valence-electron chi connectivity index (χ3n) is 4.29. The fourth-order valence-electron chi connectivity index (χ4n) is 3.07. The molecule has 1 N–H and O–H groups in total. The Bertz CT molecular complexity index is 718. The normalized spacial score (nSPS) is 19.3. The van der Waals surface area contributed by atoms with Crippen molar-refractivity contribution in [2.24, 2.45) is 5.92 Å². The zero-order valence-electron chi connectivity index (χ0n) is 14.6. The number of carbonyl (C=O) groups excluding carboxylic acids is 1. The molecule has 146 valence electrons. The van der Waals surface area contributed by atoms with E-state index in [1.807, 2.05) is 11.6 Å². The van der Waals surface area contributed by atoms with Gasteiger partial charge in [0.1, 0.15) is 0 Å². The minimum absolute atomic E-state index is 0.0336. The number of likely N-dealkylation sites (tertiary alicyclic amines) is 1. The van der Waals surface area contributed by atoms with Gasteiger partial charge >= 0.3 is 6.18 Å². The molecule has 1 aromatic carbocycles. The first-order valence-electron chi connectivity index (χ1n) is 8.55. The van der Waals surface area contributed by atoms with Crippen LogP contribution in [0.1, 0.15) is 31.7 Å². The third kappa shape index (κ3) is 5.98. The van der Waals surface area contributed by atoms with Crippen LogP contribution in [0.3, 0.4) is 0 Å². The number of halogens is 3. The van der Waals surface area contributed by atoms with Gasteiger partial charge in [-0.2, -0.15) is 13.2 Å². The van der Waals surface area contributed by atoms with E-state index in [-0.39, 0.29) is 18.0 Å². The summed E-state index contributed by atoms with van der Waals surface area (Å²) < 4.78 is 64.2. The molecule has 1 fully saturated rings. The molecular formula is C17H23F3N2O3S. The number of benzene rings is 1. The van der Waals surface area contributed by atoms with Gasteiger partial charge < -0.3 is 0 Å². The first-order valence-corrected chi connectivity index (χ1v) is 10.0. The molecule has 1 aliphatic heterocycles. The minimum Gasteiger partial charge on any atom is -0.294 e. The first-order chi connectivity index (χ1) is 12.1. The Kier molecular flexibility index (Phi) is 6.68. The lowest BCUT2D eigenvalue weighted by atomic mass is 9.97. The van der Waals surface area contributed by atoms with Crippen molar-refractivity contribution in [3.05, 3.63) is 29.8 Å². The van der Waals surface area contributed by atoms with Gasteiger partial charge in [0.2, 0.25) is 5.91 Å². The molecule has 0 radical (unpaired) electrons. The van der Waals surface area contributed by atoms with E-state index >= 15 is 0 Å². The number of carbonyl (C=O) groups is 1. The summed E-state index contributed by atoms with van der Waals surface area (Å²) in [5.41, 5.74) is 0.993. The average Bonchev–Trinajstić information content (AvgIpc) is 2.54. The Hall–Kier alpha value is -1.61. The van der Waals surface area contributed by atoms with Crippen molar-refractivity contribution < 1.29 is 26.4 Å². The van der Waals surface area contributed by atoms with Crippen molar-refractivity contribution in [3.63, 3.8) is 0 Å². The number of alkyl halides is 3. The van der Waals surface area contributed by atoms with E-state index in [9.17, 15) is 26.4 Å². The van der Waals surface area contributed by atoms with Crippen LogP contribution < -0.4 is 4.72 Å². The van der Waals surface area contributed by atoms with Gasteiger partial charge in [0, 0.05) is 6.54 Å². The minimum atomic E-state index is -4.34. The molecule has 0 bridgehead atoms. The smallest absolute Gasteiger partial charge is 0.294 e. The molecule has 0 spiro atoms. The number of rotatable bonds is 6. The maximum absolute atomic E-state index is 12.5. The van der Waals surface area contributed by atoms with Crippen molar-refractivity contribution in [1.29, 1.82) is 0 Å². The van der Waals surface area contributed by atoms with E-state index in [1.165, 1.54) is 12.1 Å². The average molecular weight is 392 g/mol. The van der Waals surface area contributed by atoms with Crippen LogP contribution in [0.15, 0.2) is 29.2 Å². The lowest BCUT2D eigenvalue weighted by molar-refractivity contribution is -0.151. The van der Waals surface area contributed by atoms with E-state index in [2.05, 4.69) is 0 Å². The van der Waals surface area contributed by atoms with Crippen molar-refractivity contribution >= 4 is 15.9 Å². The molecule has 1 aliphatic rings. The second-order valence-corrected chi connectivity index (χ2v) is 8.24. The summed E-state index contributed by atoms with van der Waals surface area (Å²) in [6.45, 7) is 1.06. The van der Waals surface area contributed by atoms with E-state index in [1.54, 1.807) is 12.1 Å². The lowest BCUT2D eigenvalue weighted by Crippen LogP contribution is -2.47. The van der Waals surface area contributed by atoms with E-state index in [0.717, 1.165) is 23.3 Å². The highest BCUT2D eigenvalue weighted by Crippen LogP contribution is 2.23. The van der Waals surface area contributed by atoms with Crippen molar-refractivity contribution in [2.75, 3.05) is 19.6 Å². The Morgan fingerprint density at radius 2 is 1.92 bits per heavy atom. The van der Waals surface area contributed by atoms with Gasteiger partial charge in [-0.15, -0.1) is 0 Å². The summed E-state index contributed by atoms with van der Waals surface area (Å²) in [5, 5.41) is 0. The first kappa shape index (κ1) is 20.7. The van der Waals surface area contributed by atoms with Gasteiger partial charge in [0.05, 0.1) is 17.4 Å². The van der Waals surface area contributed by atoms with Gasteiger partial charge in [-0.25, -0.2) is 13.1 Å². The van der Waals surface area contributed by atoms with Crippen LogP contribution in [0.25, 0.3) is 0 Å². The zero-order chi connectivity index (χ0) is 19.4. The van der Waals surface area contributed by atoms with Gasteiger partial charge in [-0.3, -0.25) is 9.69 Å². The highest BCUT2D eigenvalue weighted by molar-refractivity contribution is 7.90. The quantitative estimate of drug-likeness (QED) is 0.809. The summed E-state index contributed by atoms with van der Waals surface area (Å²) in [6, 6.07) is 6.23. The number of nitrogens with one attached hydrogen (secondary N) is 1. The highest BCUT2D eigenvalue weighted by Gasteiger charge is 2.35. The van der Waals surface area contributed by atoms with Crippen LogP contribution in [0.5, 0.6) is 0 Å². The van der Waals surface area contributed by atoms with Gasteiger partial charge in [-0.1, -0.05) is 25.5 Å². The molecule has 2 rings (SSSR count). The molecule has 1 atom stereocenters. The molecule has 0 aromatic heterocycles. The fourth-order valence-corrected chi connectivity index (χ4v) is 4.11. The van der Waals surface area contributed by atoms with Crippen LogP contribution in [0.2, 0.25) is 0 Å². The highest BCUT2D eigenvalue weighted by atomic mass is 32.2. The summed E-state index contributed by atoms with van der Waals surface area (Å²) in [4.78, 5) is 13.4. The molecule has 1 unspecified atom stereocenters. The number of piperidine rings is 1. The van der Waals surface area contributed by atoms with Gasteiger partial charge in [0.25, 0.3) is 10.0 Å². The predicted molar refractivity (Wildman–Crippen MR) is 91.0 cm³/mol. The summed E-state index contributed by atoms with van der Waals surface area (Å²) >= 11 is 0. The van der Waals surface area contributed by atoms with Crippen LogP contribution in [0.4, 0.5) is 13.2 Å². The van der Waals surface area contributed by atoms with E-state index < -0.39 is 34.6 Å². The Balaban J connectivity index is 2.00. The zero-order valence-corrected chi connectivity index (χ0v) is 15.4. The third-order valence-corrected chi connectivity index (χ3v) is 5.65. The maximum Gasteiger partial charge on any atom is 0.401 e. The second-order valence-electron chi connectivity index (χ2n) is 6.55. The van der Waals surface area contributed by atoms with Gasteiger partial charge in [0.15, 0.2) is 0 Å². The number of sulfonamides is 1. The molecule has 9 heteroatoms. The molecule has 5 nitrogen and oxygen atoms in total. The molecule has 0 aliphatic carbocycles. The van der Waals surface area contributed by atoms with Crippen LogP contribution in [-0.2, 0) is 21.2 Å². The van der Waals surface area contributed by atoms with Crippen molar-refractivity contribution in [2.45, 2.75) is 43.7 Å². The Morgan fingerprint density at radius 3 is 2.50 bits per heavy atom. The SMILES string of the molecule is CCCc1ccc(S(=O)(=O)NC(=O)C2CCCN(CC(F)(F)F)C2)cc1. The van der Waals surface area contributed by atoms with Crippen LogP contribution in [0, 0.1) is 5.92 Å². The molecule has 1 saturated heterocycles. The lowest BCUT2D eigenvalue weighted by Gasteiger charge is -2.32. The Labute approximate surface area is 151 Å². The summed E-state index contributed by atoms with van der Waals surface area (Å²) in [6.07, 6.45) is -1.81. The topological polar surface area (TPSA) is 66.5 Å². The van der Waals surface area contributed by atoms with E-state index in [0.29, 0.717) is 12.8 Å². The second kappa shape index (κ2) is 8.39. The molecule has 1 aromatic rings. The molecule has 1 amide bonds. The number of hydrogen-bond acceptors (Lipinski definition) is 4. The van der Waals surface area contributed by atoms with Crippen LogP contribution >= 0.6 is 0 Å². The number of nitrogens with zero attached hydrogens (tertiary/aromatic N) is 1. The summed E-state index contributed by atoms with van der Waals surface area (Å²) in [7, 11) is -4.03. The fraction of sp³-hybridized carbons (Fsp3) is 0.588. The van der Waals surface area contributed by atoms with E-state index in [4.69, 9.17) is 0 Å². The number of amides is 1. The van der Waals surface area contributed by atoms with Crippen LogP contribution in [-0.4, -0.2) is 45.0 Å². The Morgan fingerprint density at radius 1 is 1.27 bits per heavy atom.